The zero-order valence-corrected chi connectivity index (χ0v) is 13.3. The summed E-state index contributed by atoms with van der Waals surface area (Å²) in [5.41, 5.74) is -0.856. The van der Waals surface area contributed by atoms with E-state index in [0.29, 0.717) is 25.0 Å². The van der Waals surface area contributed by atoms with Crippen molar-refractivity contribution in [2.24, 2.45) is 0 Å². The Morgan fingerprint density at radius 1 is 1.28 bits per heavy atom. The predicted octanol–water partition coefficient (Wildman–Crippen LogP) is 0.229. The fourth-order valence-corrected chi connectivity index (χ4v) is 1.24. The van der Waals surface area contributed by atoms with Crippen LogP contribution < -0.4 is 61.6 Å². The molecule has 0 spiro atoms. The molecule has 0 saturated heterocycles. The van der Waals surface area contributed by atoms with Gasteiger partial charge in [-0.25, -0.2) is 4.39 Å². The largest absolute Gasteiger partial charge is 1.00 e. The van der Waals surface area contributed by atoms with Gasteiger partial charge in [0.2, 0.25) is 0 Å². The van der Waals surface area contributed by atoms with Crippen molar-refractivity contribution in [3.05, 3.63) is 36.7 Å². The minimum atomic E-state index is -5.13. The number of allylic oxidation sites excluding steroid dienone is 1. The maximum Gasteiger partial charge on any atom is 1.00 e. The number of unbranched alkanes of at least 4 members (excludes halogenated alkanes) is 1. The van der Waals surface area contributed by atoms with E-state index in [1.807, 2.05) is 0 Å². The number of halogens is 4. The van der Waals surface area contributed by atoms with Gasteiger partial charge in [0.25, 0.3) is 0 Å². The van der Waals surface area contributed by atoms with Crippen molar-refractivity contribution in [1.29, 1.82) is 0 Å². The Hall–Kier alpha value is 0.181. The first-order valence-electron chi connectivity index (χ1n) is 5.18. The second kappa shape index (κ2) is 8.37. The molecule has 0 fully saturated rings. The molecule has 0 heterocycles. The molecule has 1 aromatic carbocycles. The number of benzene rings is 1. The Balaban J connectivity index is 0.00000289. The van der Waals surface area contributed by atoms with Gasteiger partial charge in [-0.3, -0.25) is 0 Å². The fourth-order valence-electron chi connectivity index (χ4n) is 1.24. The summed E-state index contributed by atoms with van der Waals surface area (Å²) >= 11 is 0. The van der Waals surface area contributed by atoms with Crippen LogP contribution in [0.25, 0.3) is 0 Å². The Morgan fingerprint density at radius 2 is 1.94 bits per heavy atom. The molecule has 94 valence electrons. The number of hydrogen-bond donors (Lipinski definition) is 0. The predicted molar refractivity (Wildman–Crippen MR) is 60.0 cm³/mol. The summed E-state index contributed by atoms with van der Waals surface area (Å²) in [6.45, 7) is -1.47. The van der Waals surface area contributed by atoms with Crippen LogP contribution in [-0.2, 0) is 0 Å². The minimum absolute atomic E-state index is 0. The average Bonchev–Trinajstić information content (AvgIpc) is 2.25. The monoisotopic (exact) mass is 286 g/mol. The van der Waals surface area contributed by atoms with Gasteiger partial charge in [0.15, 0.2) is 11.6 Å². The first-order chi connectivity index (χ1) is 7.95. The second-order valence-corrected chi connectivity index (χ2v) is 3.54. The standard InChI is InChI=1S/C11H12BF4O.K/c1-2-3-4-7-17-11-8-9(12(14,15)16)5-6-10(11)13;/h2,5-6,8H,1,3-4,7H2;/q-1;+1. The Labute approximate surface area is 146 Å². The van der Waals surface area contributed by atoms with Gasteiger partial charge in [0, 0.05) is 0 Å². The molecule has 0 radical (unpaired) electrons. The van der Waals surface area contributed by atoms with Crippen molar-refractivity contribution in [2.75, 3.05) is 6.61 Å². The van der Waals surface area contributed by atoms with Crippen LogP contribution in [-0.4, -0.2) is 13.6 Å². The molecule has 0 N–H and O–H groups in total. The minimum Gasteiger partial charge on any atom is -0.491 e. The molecule has 1 rings (SSSR count). The molecule has 1 nitrogen and oxygen atoms in total. The Kier molecular flexibility index (Phi) is 8.46. The van der Waals surface area contributed by atoms with Gasteiger partial charge < -0.3 is 17.7 Å². The molecular formula is C11H12BF4KO. The second-order valence-electron chi connectivity index (χ2n) is 3.54. The average molecular weight is 286 g/mol. The van der Waals surface area contributed by atoms with Crippen LogP contribution in [0.3, 0.4) is 0 Å². The smallest absolute Gasteiger partial charge is 0.491 e. The molecule has 1 aromatic rings. The third-order valence-electron chi connectivity index (χ3n) is 2.14. The summed E-state index contributed by atoms with van der Waals surface area (Å²) in [6.07, 6.45) is 2.92. The molecule has 0 aliphatic carbocycles. The maximum atomic E-state index is 13.2. The van der Waals surface area contributed by atoms with Gasteiger partial charge in [0.05, 0.1) is 6.61 Å². The zero-order chi connectivity index (χ0) is 12.9. The number of hydrogen-bond acceptors (Lipinski definition) is 1. The van der Waals surface area contributed by atoms with E-state index in [-0.39, 0.29) is 63.7 Å². The van der Waals surface area contributed by atoms with E-state index in [1.165, 1.54) is 0 Å². The van der Waals surface area contributed by atoms with Crippen molar-refractivity contribution < 1.29 is 73.5 Å². The van der Waals surface area contributed by atoms with Crippen LogP contribution in [0.15, 0.2) is 30.9 Å². The zero-order valence-electron chi connectivity index (χ0n) is 10.1. The van der Waals surface area contributed by atoms with Gasteiger partial charge in [-0.1, -0.05) is 12.1 Å². The van der Waals surface area contributed by atoms with E-state index in [0.717, 1.165) is 6.07 Å². The molecule has 0 aliphatic heterocycles. The first kappa shape index (κ1) is 18.2. The van der Waals surface area contributed by atoms with Crippen LogP contribution in [0.4, 0.5) is 17.3 Å². The van der Waals surface area contributed by atoms with Crippen molar-refractivity contribution in [1.82, 2.24) is 0 Å². The van der Waals surface area contributed by atoms with Crippen molar-refractivity contribution in [3.63, 3.8) is 0 Å². The molecule has 7 heteroatoms. The molecule has 0 bridgehead atoms. The molecule has 0 aliphatic rings. The quantitative estimate of drug-likeness (QED) is 0.315. The van der Waals surface area contributed by atoms with E-state index in [9.17, 15) is 17.3 Å². The first-order valence-corrected chi connectivity index (χ1v) is 5.18. The SMILES string of the molecule is C=CCCCOc1cc([B-](F)(F)F)ccc1F.[K+]. The van der Waals surface area contributed by atoms with E-state index >= 15 is 0 Å². The van der Waals surface area contributed by atoms with Gasteiger partial charge in [0.1, 0.15) is 0 Å². The van der Waals surface area contributed by atoms with Crippen LogP contribution in [0.1, 0.15) is 12.8 Å². The third kappa shape index (κ3) is 5.88. The molecule has 18 heavy (non-hydrogen) atoms. The summed E-state index contributed by atoms with van der Waals surface area (Å²) in [6, 6.07) is 2.18. The molecule has 0 unspecified atom stereocenters. The van der Waals surface area contributed by atoms with Crippen LogP contribution in [0.5, 0.6) is 5.75 Å². The van der Waals surface area contributed by atoms with Crippen molar-refractivity contribution in [3.8, 4) is 5.75 Å². The summed E-state index contributed by atoms with van der Waals surface area (Å²) in [5, 5.41) is 0. The molecule has 0 atom stereocenters. The van der Waals surface area contributed by atoms with E-state index in [4.69, 9.17) is 4.74 Å². The summed E-state index contributed by atoms with van der Waals surface area (Å²) < 4.78 is 55.4. The van der Waals surface area contributed by atoms with Crippen molar-refractivity contribution >= 4 is 12.4 Å². The third-order valence-corrected chi connectivity index (χ3v) is 2.14. The van der Waals surface area contributed by atoms with Crippen molar-refractivity contribution in [2.45, 2.75) is 12.8 Å². The topological polar surface area (TPSA) is 9.23 Å². The molecule has 0 amide bonds. The number of rotatable bonds is 6. The summed E-state index contributed by atoms with van der Waals surface area (Å²) in [5.74, 6) is -1.14. The Morgan fingerprint density at radius 3 is 2.50 bits per heavy atom. The van der Waals surface area contributed by atoms with Gasteiger partial charge in [-0.2, -0.15) is 0 Å². The van der Waals surface area contributed by atoms with Gasteiger partial charge in [-0.15, -0.1) is 12.0 Å². The summed E-state index contributed by atoms with van der Waals surface area (Å²) in [4.78, 5) is 0. The number of ether oxygens (including phenoxy) is 1. The van der Waals surface area contributed by atoms with Crippen LogP contribution in [0.2, 0.25) is 0 Å². The van der Waals surface area contributed by atoms with Crippen LogP contribution >= 0.6 is 0 Å². The van der Waals surface area contributed by atoms with E-state index < -0.39 is 18.3 Å². The molecule has 0 saturated carbocycles. The molecular weight excluding hydrogens is 274 g/mol. The van der Waals surface area contributed by atoms with Crippen LogP contribution in [0, 0.1) is 5.82 Å². The fraction of sp³-hybridized carbons (Fsp3) is 0.273. The Bertz CT molecular complexity index is 395. The van der Waals surface area contributed by atoms with E-state index in [1.54, 1.807) is 6.08 Å². The van der Waals surface area contributed by atoms with Gasteiger partial charge >= 0.3 is 58.4 Å². The van der Waals surface area contributed by atoms with Gasteiger partial charge in [-0.05, 0) is 25.0 Å². The normalized spacial score (nSPS) is 10.7. The van der Waals surface area contributed by atoms with E-state index in [2.05, 4.69) is 6.58 Å². The summed E-state index contributed by atoms with van der Waals surface area (Å²) in [7, 11) is 0. The maximum absolute atomic E-state index is 13.2. The molecule has 0 aromatic heterocycles.